The van der Waals surface area contributed by atoms with Gasteiger partial charge in [0, 0.05) is 25.0 Å². The predicted molar refractivity (Wildman–Crippen MR) is 78.7 cm³/mol. The Morgan fingerprint density at radius 3 is 2.50 bits per heavy atom. The Balaban J connectivity index is 1.82. The summed E-state index contributed by atoms with van der Waals surface area (Å²) in [5.74, 6) is 0.482. The summed E-state index contributed by atoms with van der Waals surface area (Å²) in [6.45, 7) is 2.96. The molecule has 0 bridgehead atoms. The Hall–Kier alpha value is -0.880. The van der Waals surface area contributed by atoms with Crippen molar-refractivity contribution in [2.45, 2.75) is 45.1 Å². The molecule has 0 spiro atoms. The van der Waals surface area contributed by atoms with E-state index < -0.39 is 10.0 Å². The van der Waals surface area contributed by atoms with Gasteiger partial charge >= 0.3 is 0 Å². The van der Waals surface area contributed by atoms with Crippen LogP contribution in [-0.4, -0.2) is 44.1 Å². The third-order valence-electron chi connectivity index (χ3n) is 4.15. The van der Waals surface area contributed by atoms with Crippen molar-refractivity contribution in [3.63, 3.8) is 0 Å². The van der Waals surface area contributed by atoms with Gasteiger partial charge in [0.25, 0.3) is 0 Å². The van der Waals surface area contributed by atoms with E-state index in [-0.39, 0.29) is 23.6 Å². The lowest BCUT2D eigenvalue weighted by Crippen LogP contribution is -2.48. The third-order valence-corrected chi connectivity index (χ3v) is 5.60. The van der Waals surface area contributed by atoms with Crippen LogP contribution in [0.3, 0.4) is 0 Å². The number of likely N-dealkylation sites (tertiary alicyclic amines) is 1. The van der Waals surface area contributed by atoms with Gasteiger partial charge in [0.15, 0.2) is 0 Å². The highest BCUT2D eigenvalue weighted by Crippen LogP contribution is 2.22. The number of amides is 1. The van der Waals surface area contributed by atoms with Crippen molar-refractivity contribution in [2.75, 3.05) is 18.8 Å². The number of carbonyl (C=O) groups is 1. The Morgan fingerprint density at radius 1 is 1.25 bits per heavy atom. The normalized spacial score (nSPS) is 24.9. The molecule has 1 amide bonds. The van der Waals surface area contributed by atoms with Gasteiger partial charge < -0.3 is 4.90 Å². The molecule has 2 aliphatic rings. The van der Waals surface area contributed by atoms with Crippen LogP contribution >= 0.6 is 0 Å². The Bertz CT molecular complexity index is 465. The molecular formula is C14H24N2O3S. The van der Waals surface area contributed by atoms with Gasteiger partial charge in [-0.05, 0) is 39.0 Å². The van der Waals surface area contributed by atoms with Gasteiger partial charge in [-0.1, -0.05) is 12.2 Å². The molecule has 0 aromatic carbocycles. The molecule has 6 heteroatoms. The first-order valence-corrected chi connectivity index (χ1v) is 9.11. The van der Waals surface area contributed by atoms with Gasteiger partial charge in [0.1, 0.15) is 0 Å². The summed E-state index contributed by atoms with van der Waals surface area (Å²) >= 11 is 0. The molecule has 1 aliphatic heterocycles. The number of sulfonamides is 1. The van der Waals surface area contributed by atoms with Crippen LogP contribution in [0.4, 0.5) is 0 Å². The highest BCUT2D eigenvalue weighted by atomic mass is 32.2. The summed E-state index contributed by atoms with van der Waals surface area (Å²) in [6.07, 6.45) is 8.44. The minimum atomic E-state index is -3.14. The number of hydrogen-bond acceptors (Lipinski definition) is 3. The van der Waals surface area contributed by atoms with Crippen LogP contribution in [0, 0.1) is 5.92 Å². The number of allylic oxidation sites excluding steroid dienone is 2. The van der Waals surface area contributed by atoms with E-state index in [1.54, 1.807) is 6.92 Å². The van der Waals surface area contributed by atoms with E-state index in [1.807, 2.05) is 4.90 Å². The van der Waals surface area contributed by atoms with E-state index in [0.29, 0.717) is 25.9 Å². The first-order valence-electron chi connectivity index (χ1n) is 7.45. The van der Waals surface area contributed by atoms with Crippen LogP contribution in [0.5, 0.6) is 0 Å². The largest absolute Gasteiger partial charge is 0.342 e. The molecule has 1 fully saturated rings. The van der Waals surface area contributed by atoms with E-state index >= 15 is 0 Å². The second kappa shape index (κ2) is 6.72. The van der Waals surface area contributed by atoms with Crippen molar-refractivity contribution in [3.8, 4) is 0 Å². The average molecular weight is 300 g/mol. The molecule has 20 heavy (non-hydrogen) atoms. The second-order valence-electron chi connectivity index (χ2n) is 5.60. The molecule has 2 rings (SSSR count). The van der Waals surface area contributed by atoms with Gasteiger partial charge in [0.05, 0.1) is 5.75 Å². The zero-order valence-corrected chi connectivity index (χ0v) is 12.9. The summed E-state index contributed by atoms with van der Waals surface area (Å²) < 4.78 is 25.8. The molecule has 5 nitrogen and oxygen atoms in total. The number of piperidine rings is 1. The lowest BCUT2D eigenvalue weighted by atomic mass is 9.92. The Morgan fingerprint density at radius 2 is 1.95 bits per heavy atom. The molecule has 0 radical (unpaired) electrons. The molecule has 0 unspecified atom stereocenters. The van der Waals surface area contributed by atoms with Crippen LogP contribution in [0.2, 0.25) is 0 Å². The summed E-state index contributed by atoms with van der Waals surface area (Å²) in [4.78, 5) is 14.3. The Labute approximate surface area is 121 Å². The van der Waals surface area contributed by atoms with E-state index in [0.717, 1.165) is 19.3 Å². The quantitative estimate of drug-likeness (QED) is 0.795. The summed E-state index contributed by atoms with van der Waals surface area (Å²) in [5.41, 5.74) is 0. The van der Waals surface area contributed by atoms with Crippen molar-refractivity contribution < 1.29 is 13.2 Å². The topological polar surface area (TPSA) is 66.5 Å². The number of hydrogen-bond donors (Lipinski definition) is 1. The first-order chi connectivity index (χ1) is 9.52. The SMILES string of the molecule is CCS(=O)(=O)NC1CCN(C(=O)[C@H]2CC=CCC2)CC1. The van der Waals surface area contributed by atoms with Crippen molar-refractivity contribution >= 4 is 15.9 Å². The van der Waals surface area contributed by atoms with Gasteiger partial charge in [-0.2, -0.15) is 0 Å². The van der Waals surface area contributed by atoms with Crippen molar-refractivity contribution in [2.24, 2.45) is 5.92 Å². The smallest absolute Gasteiger partial charge is 0.226 e. The molecular weight excluding hydrogens is 276 g/mol. The molecule has 1 N–H and O–H groups in total. The molecule has 0 saturated carbocycles. The monoisotopic (exact) mass is 300 g/mol. The summed E-state index contributed by atoms with van der Waals surface area (Å²) in [6, 6.07) is -0.0183. The van der Waals surface area contributed by atoms with E-state index in [4.69, 9.17) is 0 Å². The fourth-order valence-electron chi connectivity index (χ4n) is 2.83. The van der Waals surface area contributed by atoms with E-state index in [9.17, 15) is 13.2 Å². The van der Waals surface area contributed by atoms with Crippen LogP contribution in [-0.2, 0) is 14.8 Å². The van der Waals surface area contributed by atoms with Crippen LogP contribution < -0.4 is 4.72 Å². The molecule has 114 valence electrons. The minimum absolute atomic E-state index is 0.0183. The van der Waals surface area contributed by atoms with Crippen molar-refractivity contribution in [1.29, 1.82) is 0 Å². The zero-order chi connectivity index (χ0) is 14.6. The fourth-order valence-corrected chi connectivity index (χ4v) is 3.74. The van der Waals surface area contributed by atoms with E-state index in [2.05, 4.69) is 16.9 Å². The van der Waals surface area contributed by atoms with E-state index in [1.165, 1.54) is 0 Å². The summed E-state index contributed by atoms with van der Waals surface area (Å²) in [5, 5.41) is 0. The second-order valence-corrected chi connectivity index (χ2v) is 7.64. The van der Waals surface area contributed by atoms with Crippen molar-refractivity contribution in [1.82, 2.24) is 9.62 Å². The lowest BCUT2D eigenvalue weighted by molar-refractivity contribution is -0.136. The molecule has 0 aromatic rings. The first kappa shape index (κ1) is 15.5. The van der Waals surface area contributed by atoms with Gasteiger partial charge in [-0.25, -0.2) is 13.1 Å². The molecule has 1 heterocycles. The van der Waals surface area contributed by atoms with Crippen LogP contribution in [0.15, 0.2) is 12.2 Å². The minimum Gasteiger partial charge on any atom is -0.342 e. The molecule has 0 aromatic heterocycles. The molecule has 1 atom stereocenters. The predicted octanol–water partition coefficient (Wildman–Crippen LogP) is 1.27. The lowest BCUT2D eigenvalue weighted by Gasteiger charge is -2.34. The maximum atomic E-state index is 12.4. The Kier molecular flexibility index (Phi) is 5.21. The van der Waals surface area contributed by atoms with Gasteiger partial charge in [-0.3, -0.25) is 4.79 Å². The maximum absolute atomic E-state index is 12.4. The average Bonchev–Trinajstić information content (AvgIpc) is 2.48. The van der Waals surface area contributed by atoms with Gasteiger partial charge in [-0.15, -0.1) is 0 Å². The zero-order valence-electron chi connectivity index (χ0n) is 12.0. The standard InChI is InChI=1S/C14H24N2O3S/c1-2-20(18,19)15-13-8-10-16(11-9-13)14(17)12-6-4-3-5-7-12/h3-4,12-13,15H,2,5-11H2,1H3/t12-/m0/s1. The summed E-state index contributed by atoms with van der Waals surface area (Å²) in [7, 11) is -3.14. The fraction of sp³-hybridized carbons (Fsp3) is 0.786. The maximum Gasteiger partial charge on any atom is 0.226 e. The molecule has 1 aliphatic carbocycles. The third kappa shape index (κ3) is 4.06. The van der Waals surface area contributed by atoms with Crippen LogP contribution in [0.1, 0.15) is 39.0 Å². The molecule has 1 saturated heterocycles. The highest BCUT2D eigenvalue weighted by Gasteiger charge is 2.29. The number of rotatable bonds is 4. The van der Waals surface area contributed by atoms with Crippen LogP contribution in [0.25, 0.3) is 0 Å². The number of nitrogens with one attached hydrogen (secondary N) is 1. The highest BCUT2D eigenvalue weighted by molar-refractivity contribution is 7.89. The number of nitrogens with zero attached hydrogens (tertiary/aromatic N) is 1. The van der Waals surface area contributed by atoms with Crippen molar-refractivity contribution in [3.05, 3.63) is 12.2 Å². The number of carbonyl (C=O) groups excluding carboxylic acids is 1. The van der Waals surface area contributed by atoms with Gasteiger partial charge in [0.2, 0.25) is 15.9 Å².